The van der Waals surface area contributed by atoms with Gasteiger partial charge in [-0.3, -0.25) is 9.69 Å². The first-order valence-corrected chi connectivity index (χ1v) is 15.0. The van der Waals surface area contributed by atoms with Gasteiger partial charge in [0.1, 0.15) is 5.76 Å². The van der Waals surface area contributed by atoms with Gasteiger partial charge >= 0.3 is 0 Å². The molecular formula is C31H41N5O4. The molecule has 3 saturated heterocycles. The minimum atomic E-state index is 0.0970. The molecule has 3 aliphatic heterocycles. The number of carbonyl (C=O) groups excluding carboxylic acids is 1. The Hall–Kier alpha value is -3.04. The average molecular weight is 548 g/mol. The molecule has 9 nitrogen and oxygen atoms in total. The summed E-state index contributed by atoms with van der Waals surface area (Å²) >= 11 is 0. The fourth-order valence-electron chi connectivity index (χ4n) is 6.44. The summed E-state index contributed by atoms with van der Waals surface area (Å²) in [5, 5.41) is 4.26. The fourth-order valence-corrected chi connectivity index (χ4v) is 6.44. The second-order valence-corrected chi connectivity index (χ2v) is 11.9. The largest absolute Gasteiger partial charge is 0.441 e. The van der Waals surface area contributed by atoms with E-state index in [0.29, 0.717) is 29.5 Å². The number of hydrogen-bond donors (Lipinski definition) is 0. The fraction of sp³-hybridized carbons (Fsp3) is 0.613. The lowest BCUT2D eigenvalue weighted by Gasteiger charge is -2.37. The summed E-state index contributed by atoms with van der Waals surface area (Å²) in [7, 11) is 0. The Morgan fingerprint density at radius 3 is 2.65 bits per heavy atom. The maximum absolute atomic E-state index is 13.5. The van der Waals surface area contributed by atoms with Crippen LogP contribution in [0.15, 0.2) is 33.2 Å². The smallest absolute Gasteiger partial charge is 0.226 e. The lowest BCUT2D eigenvalue weighted by Crippen LogP contribution is -2.46. The van der Waals surface area contributed by atoms with Crippen molar-refractivity contribution in [2.24, 2.45) is 11.8 Å². The summed E-state index contributed by atoms with van der Waals surface area (Å²) in [5.74, 6) is 4.21. The molecule has 1 amide bonds. The Morgan fingerprint density at radius 1 is 1.02 bits per heavy atom. The van der Waals surface area contributed by atoms with E-state index < -0.39 is 0 Å². The van der Waals surface area contributed by atoms with Gasteiger partial charge in [0, 0.05) is 56.7 Å². The van der Waals surface area contributed by atoms with Crippen molar-refractivity contribution in [3.63, 3.8) is 0 Å². The second-order valence-electron chi connectivity index (χ2n) is 11.9. The molecule has 2 aromatic heterocycles. The van der Waals surface area contributed by atoms with E-state index in [1.54, 1.807) is 0 Å². The molecule has 3 aliphatic rings. The third-order valence-corrected chi connectivity index (χ3v) is 8.83. The number of likely N-dealkylation sites (tertiary alicyclic amines) is 2. The number of ether oxygens (including phenoxy) is 1. The van der Waals surface area contributed by atoms with E-state index in [-0.39, 0.29) is 5.92 Å². The van der Waals surface area contributed by atoms with E-state index in [9.17, 15) is 4.79 Å². The van der Waals surface area contributed by atoms with Gasteiger partial charge in [-0.05, 0) is 83.5 Å². The molecule has 9 heteroatoms. The van der Waals surface area contributed by atoms with Crippen LogP contribution in [0.25, 0.3) is 11.5 Å². The molecule has 3 aromatic rings. The summed E-state index contributed by atoms with van der Waals surface area (Å²) in [6.07, 6.45) is 6.57. The number of amides is 1. The van der Waals surface area contributed by atoms with E-state index in [0.717, 1.165) is 114 Å². The first kappa shape index (κ1) is 27.1. The molecule has 0 saturated carbocycles. The van der Waals surface area contributed by atoms with Crippen LogP contribution < -0.4 is 0 Å². The topological polar surface area (TPSA) is 97.7 Å². The van der Waals surface area contributed by atoms with E-state index in [1.165, 1.54) is 5.56 Å². The number of aromatic nitrogens is 3. The predicted octanol–water partition coefficient (Wildman–Crippen LogP) is 4.93. The van der Waals surface area contributed by atoms with Gasteiger partial charge in [-0.25, -0.2) is 4.98 Å². The van der Waals surface area contributed by atoms with Gasteiger partial charge in [-0.15, -0.1) is 0 Å². The van der Waals surface area contributed by atoms with E-state index in [4.69, 9.17) is 23.6 Å². The van der Waals surface area contributed by atoms with Gasteiger partial charge in [0.2, 0.25) is 17.7 Å². The summed E-state index contributed by atoms with van der Waals surface area (Å²) in [6.45, 7) is 9.80. The van der Waals surface area contributed by atoms with Gasteiger partial charge in [0.15, 0.2) is 5.82 Å². The van der Waals surface area contributed by atoms with Crippen molar-refractivity contribution < 1.29 is 18.5 Å². The van der Waals surface area contributed by atoms with Crippen molar-refractivity contribution in [1.82, 2.24) is 24.9 Å². The highest BCUT2D eigenvalue weighted by atomic mass is 16.5. The molecule has 0 radical (unpaired) electrons. The van der Waals surface area contributed by atoms with Gasteiger partial charge in [0.05, 0.1) is 5.69 Å². The molecule has 1 atom stereocenters. The van der Waals surface area contributed by atoms with Crippen LogP contribution in [0, 0.1) is 25.7 Å². The number of aryl methyl sites for hydroxylation is 2. The monoisotopic (exact) mass is 547 g/mol. The van der Waals surface area contributed by atoms with Gasteiger partial charge in [-0.1, -0.05) is 22.9 Å². The van der Waals surface area contributed by atoms with E-state index in [1.807, 2.05) is 19.1 Å². The van der Waals surface area contributed by atoms with Gasteiger partial charge in [-0.2, -0.15) is 4.98 Å². The molecule has 0 aliphatic carbocycles. The summed E-state index contributed by atoms with van der Waals surface area (Å²) in [5.41, 5.74) is 3.19. The molecule has 3 fully saturated rings. The molecule has 5 heterocycles. The van der Waals surface area contributed by atoms with Crippen LogP contribution >= 0.6 is 0 Å². The maximum atomic E-state index is 13.5. The zero-order chi connectivity index (χ0) is 27.5. The van der Waals surface area contributed by atoms with Crippen molar-refractivity contribution >= 4 is 5.91 Å². The normalized spacial score (nSPS) is 21.6. The Kier molecular flexibility index (Phi) is 8.30. The average Bonchev–Trinajstić information content (AvgIpc) is 3.60. The Bertz CT molecular complexity index is 1290. The highest BCUT2D eigenvalue weighted by molar-refractivity contribution is 5.79. The van der Waals surface area contributed by atoms with Crippen molar-refractivity contribution in [3.05, 3.63) is 53.0 Å². The van der Waals surface area contributed by atoms with E-state index >= 15 is 0 Å². The molecule has 40 heavy (non-hydrogen) atoms. The molecule has 0 bridgehead atoms. The standard InChI is InChI=1S/C31H41N5O4/c1-21-5-3-7-26(17-21)30-32-27(22(2)39-30)20-35-13-8-25(9-14-35)31(37)36-12-4-6-23(19-36)18-28-33-29(34-40-28)24-10-15-38-16-11-24/h3,5,7,17,23-25H,4,6,8-16,18-20H2,1-2H3. The zero-order valence-corrected chi connectivity index (χ0v) is 23.8. The minimum Gasteiger partial charge on any atom is -0.441 e. The quantitative estimate of drug-likeness (QED) is 0.411. The predicted molar refractivity (Wildman–Crippen MR) is 150 cm³/mol. The van der Waals surface area contributed by atoms with Crippen LogP contribution in [-0.4, -0.2) is 70.2 Å². The number of oxazole rings is 1. The Balaban J connectivity index is 0.987. The number of nitrogens with zero attached hydrogens (tertiary/aromatic N) is 5. The summed E-state index contributed by atoms with van der Waals surface area (Å²) < 4.78 is 17.1. The molecule has 0 spiro atoms. The Morgan fingerprint density at radius 2 is 1.85 bits per heavy atom. The second kappa shape index (κ2) is 12.2. The van der Waals surface area contributed by atoms with E-state index in [2.05, 4.69) is 34.0 Å². The maximum Gasteiger partial charge on any atom is 0.226 e. The van der Waals surface area contributed by atoms with Gasteiger partial charge < -0.3 is 18.6 Å². The number of rotatable bonds is 7. The number of carbonyl (C=O) groups is 1. The lowest BCUT2D eigenvalue weighted by molar-refractivity contribution is -0.139. The molecule has 1 aromatic carbocycles. The van der Waals surface area contributed by atoms with Crippen LogP contribution in [0.2, 0.25) is 0 Å². The molecule has 214 valence electrons. The molecular weight excluding hydrogens is 506 g/mol. The lowest BCUT2D eigenvalue weighted by atomic mass is 9.91. The van der Waals surface area contributed by atoms with Crippen molar-refractivity contribution in [3.8, 4) is 11.5 Å². The molecule has 0 N–H and O–H groups in total. The number of piperidine rings is 2. The van der Waals surface area contributed by atoms with Crippen LogP contribution in [0.5, 0.6) is 0 Å². The third kappa shape index (κ3) is 6.31. The van der Waals surface area contributed by atoms with Crippen molar-refractivity contribution in [2.75, 3.05) is 39.4 Å². The van der Waals surface area contributed by atoms with Crippen LogP contribution in [-0.2, 0) is 22.5 Å². The number of hydrogen-bond acceptors (Lipinski definition) is 8. The first-order valence-electron chi connectivity index (χ1n) is 15.0. The number of benzene rings is 1. The molecule has 1 unspecified atom stereocenters. The van der Waals surface area contributed by atoms with Crippen LogP contribution in [0.1, 0.15) is 73.2 Å². The van der Waals surface area contributed by atoms with Crippen molar-refractivity contribution in [2.45, 2.75) is 71.3 Å². The van der Waals surface area contributed by atoms with Crippen LogP contribution in [0.3, 0.4) is 0 Å². The van der Waals surface area contributed by atoms with Gasteiger partial charge in [0.25, 0.3) is 0 Å². The van der Waals surface area contributed by atoms with Crippen molar-refractivity contribution in [1.29, 1.82) is 0 Å². The Labute approximate surface area is 236 Å². The zero-order valence-electron chi connectivity index (χ0n) is 23.8. The highest BCUT2D eigenvalue weighted by Gasteiger charge is 2.33. The highest BCUT2D eigenvalue weighted by Crippen LogP contribution is 2.29. The third-order valence-electron chi connectivity index (χ3n) is 8.83. The summed E-state index contributed by atoms with van der Waals surface area (Å²) in [4.78, 5) is 27.5. The summed E-state index contributed by atoms with van der Waals surface area (Å²) in [6, 6.07) is 8.25. The van der Waals surface area contributed by atoms with Crippen LogP contribution in [0.4, 0.5) is 0 Å². The minimum absolute atomic E-state index is 0.0970. The SMILES string of the molecule is Cc1cccc(-c2nc(CN3CCC(C(=O)N4CCCC(Cc5nc(C6CCOCC6)no5)C4)CC3)c(C)o2)c1. The first-order chi connectivity index (χ1) is 19.5. The molecule has 6 rings (SSSR count).